The number of amides is 2. The summed E-state index contributed by atoms with van der Waals surface area (Å²) in [6.07, 6.45) is -11.1. The van der Waals surface area contributed by atoms with Crippen LogP contribution in [0.2, 0.25) is 0 Å². The number of para-hydroxylation sites is 1. The SMILES string of the molecule is CC(=NCc1ccco1)C(C(=O)Nc1ccccc1)C(NC(=O)c1ccccc1C)(C(F)(F)F)C(F)(F)F. The van der Waals surface area contributed by atoms with Gasteiger partial charge in [0, 0.05) is 17.0 Å². The fourth-order valence-electron chi connectivity index (χ4n) is 3.91. The van der Waals surface area contributed by atoms with Crippen LogP contribution in [-0.2, 0) is 11.3 Å². The molecule has 2 amide bonds. The molecule has 12 heteroatoms. The normalized spacial score (nSPS) is 13.6. The van der Waals surface area contributed by atoms with E-state index in [0.29, 0.717) is 0 Å². The number of aryl methyl sites for hydroxylation is 1. The van der Waals surface area contributed by atoms with E-state index < -0.39 is 53.4 Å². The Hall–Kier alpha value is -4.09. The van der Waals surface area contributed by atoms with Gasteiger partial charge in [-0.25, -0.2) is 0 Å². The number of furan rings is 1. The van der Waals surface area contributed by atoms with Gasteiger partial charge in [0.25, 0.3) is 5.91 Å². The summed E-state index contributed by atoms with van der Waals surface area (Å²) in [7, 11) is 0. The molecule has 1 atom stereocenters. The third kappa shape index (κ3) is 5.90. The second-order valence-corrected chi connectivity index (χ2v) is 8.40. The summed E-state index contributed by atoms with van der Waals surface area (Å²) >= 11 is 0. The maximum atomic E-state index is 14.7. The number of rotatable bonds is 8. The lowest BCUT2D eigenvalue weighted by Gasteiger charge is -2.42. The van der Waals surface area contributed by atoms with Crippen LogP contribution in [0.15, 0.2) is 82.4 Å². The van der Waals surface area contributed by atoms with E-state index in [0.717, 1.165) is 18.3 Å². The third-order valence-electron chi connectivity index (χ3n) is 5.81. The topological polar surface area (TPSA) is 83.7 Å². The highest BCUT2D eigenvalue weighted by Gasteiger charge is 2.77. The molecule has 0 saturated carbocycles. The van der Waals surface area contributed by atoms with Gasteiger partial charge in [-0.15, -0.1) is 0 Å². The Morgan fingerprint density at radius 2 is 1.50 bits per heavy atom. The zero-order chi connectivity index (χ0) is 28.1. The smallest absolute Gasteiger partial charge is 0.421 e. The average Bonchev–Trinajstić information content (AvgIpc) is 3.35. The number of halogens is 6. The summed E-state index contributed by atoms with van der Waals surface area (Å²) in [6, 6.07) is 15.1. The van der Waals surface area contributed by atoms with E-state index in [4.69, 9.17) is 4.42 Å². The predicted octanol–water partition coefficient (Wildman–Crippen LogP) is 6.10. The van der Waals surface area contributed by atoms with Crippen molar-refractivity contribution in [2.75, 3.05) is 5.32 Å². The van der Waals surface area contributed by atoms with Crippen LogP contribution in [0.3, 0.4) is 0 Å². The van der Waals surface area contributed by atoms with Crippen molar-refractivity contribution in [3.8, 4) is 0 Å². The van der Waals surface area contributed by atoms with E-state index >= 15 is 0 Å². The standard InChI is InChI=1S/C26H23F6N3O3/c1-16-9-6-7-13-20(16)22(36)35-24(25(27,28)29,26(30,31)32)21(17(2)33-15-19-12-8-14-38-19)23(37)34-18-10-4-3-5-11-18/h3-14,21H,15H2,1-2H3,(H,34,37)(H,35,36). The van der Waals surface area contributed by atoms with Gasteiger partial charge in [-0.2, -0.15) is 26.3 Å². The van der Waals surface area contributed by atoms with Gasteiger partial charge in [0.2, 0.25) is 11.4 Å². The number of aliphatic imine (C=N–C) groups is 1. The molecule has 0 spiro atoms. The Balaban J connectivity index is 2.21. The number of hydrogen-bond donors (Lipinski definition) is 2. The van der Waals surface area contributed by atoms with Crippen molar-refractivity contribution >= 4 is 23.2 Å². The zero-order valence-corrected chi connectivity index (χ0v) is 20.2. The Kier molecular flexibility index (Phi) is 8.33. The lowest BCUT2D eigenvalue weighted by atomic mass is 9.77. The maximum Gasteiger partial charge on any atom is 0.421 e. The van der Waals surface area contributed by atoms with Crippen LogP contribution in [0.4, 0.5) is 32.0 Å². The average molecular weight is 539 g/mol. The molecule has 0 aliphatic heterocycles. The highest BCUT2D eigenvalue weighted by atomic mass is 19.4. The number of carbonyl (C=O) groups excluding carboxylic acids is 2. The van der Waals surface area contributed by atoms with Crippen molar-refractivity contribution in [1.29, 1.82) is 0 Å². The van der Waals surface area contributed by atoms with Crippen LogP contribution >= 0.6 is 0 Å². The van der Waals surface area contributed by atoms with Gasteiger partial charge >= 0.3 is 12.4 Å². The fourth-order valence-corrected chi connectivity index (χ4v) is 3.91. The number of nitrogens with one attached hydrogen (secondary N) is 2. The van der Waals surface area contributed by atoms with E-state index in [2.05, 4.69) is 10.3 Å². The Morgan fingerprint density at radius 3 is 2.05 bits per heavy atom. The highest BCUT2D eigenvalue weighted by molar-refractivity contribution is 6.10. The number of anilines is 1. The Bertz CT molecular complexity index is 1270. The van der Waals surface area contributed by atoms with Gasteiger partial charge in [-0.05, 0) is 49.7 Å². The first-order valence-corrected chi connectivity index (χ1v) is 11.2. The van der Waals surface area contributed by atoms with Crippen LogP contribution in [-0.4, -0.2) is 35.4 Å². The van der Waals surface area contributed by atoms with Crippen LogP contribution in [0.1, 0.15) is 28.6 Å². The van der Waals surface area contributed by atoms with Crippen LogP contribution in [0.5, 0.6) is 0 Å². The first-order valence-electron chi connectivity index (χ1n) is 11.2. The zero-order valence-electron chi connectivity index (χ0n) is 20.2. The molecule has 2 N–H and O–H groups in total. The molecule has 38 heavy (non-hydrogen) atoms. The van der Waals surface area contributed by atoms with Gasteiger partial charge in [0.15, 0.2) is 0 Å². The minimum atomic E-state index is -6.18. The molecule has 0 saturated heterocycles. The largest absolute Gasteiger partial charge is 0.467 e. The van der Waals surface area contributed by atoms with Crippen molar-refractivity contribution in [1.82, 2.24) is 5.32 Å². The molecule has 1 aromatic heterocycles. The van der Waals surface area contributed by atoms with Gasteiger partial charge in [-0.1, -0.05) is 36.4 Å². The summed E-state index contributed by atoms with van der Waals surface area (Å²) in [5, 5.41) is 3.25. The molecule has 0 aliphatic carbocycles. The quantitative estimate of drug-likeness (QED) is 0.268. The molecule has 1 heterocycles. The molecule has 0 fully saturated rings. The van der Waals surface area contributed by atoms with Gasteiger partial charge in [0.1, 0.15) is 11.7 Å². The van der Waals surface area contributed by atoms with E-state index in [1.165, 1.54) is 67.8 Å². The molecule has 202 valence electrons. The number of carbonyl (C=O) groups is 2. The molecule has 6 nitrogen and oxygen atoms in total. The lowest BCUT2D eigenvalue weighted by molar-refractivity contribution is -0.310. The number of benzene rings is 2. The molecule has 2 aromatic carbocycles. The van der Waals surface area contributed by atoms with Crippen molar-refractivity contribution in [2.45, 2.75) is 38.3 Å². The molecular formula is C26H23F6N3O3. The Labute approximate surface area is 213 Å². The van der Waals surface area contributed by atoms with Crippen LogP contribution in [0.25, 0.3) is 0 Å². The molecule has 3 aromatic rings. The van der Waals surface area contributed by atoms with Crippen LogP contribution in [0, 0.1) is 12.8 Å². The highest BCUT2D eigenvalue weighted by Crippen LogP contribution is 2.49. The number of hydrogen-bond acceptors (Lipinski definition) is 4. The Morgan fingerprint density at radius 1 is 0.895 bits per heavy atom. The molecular weight excluding hydrogens is 516 g/mol. The minimum absolute atomic E-state index is 0.0511. The summed E-state index contributed by atoms with van der Waals surface area (Å²) in [4.78, 5) is 30.0. The van der Waals surface area contributed by atoms with Gasteiger partial charge in [0.05, 0.1) is 12.8 Å². The van der Waals surface area contributed by atoms with Crippen molar-refractivity contribution < 1.29 is 40.3 Å². The molecule has 0 radical (unpaired) electrons. The number of nitrogens with zero attached hydrogens (tertiary/aromatic N) is 1. The van der Waals surface area contributed by atoms with E-state index in [1.807, 2.05) is 0 Å². The lowest BCUT2D eigenvalue weighted by Crippen LogP contribution is -2.74. The molecule has 0 bridgehead atoms. The molecule has 0 aliphatic rings. The number of alkyl halides is 6. The molecule has 1 unspecified atom stereocenters. The van der Waals surface area contributed by atoms with Gasteiger partial charge in [-0.3, -0.25) is 14.6 Å². The van der Waals surface area contributed by atoms with Crippen molar-refractivity contribution in [3.63, 3.8) is 0 Å². The summed E-state index contributed by atoms with van der Waals surface area (Å²) in [5.41, 5.74) is -6.19. The first-order chi connectivity index (χ1) is 17.8. The van der Waals surface area contributed by atoms with Gasteiger partial charge < -0.3 is 15.1 Å². The van der Waals surface area contributed by atoms with E-state index in [-0.39, 0.29) is 17.0 Å². The second-order valence-electron chi connectivity index (χ2n) is 8.40. The third-order valence-corrected chi connectivity index (χ3v) is 5.81. The second kappa shape index (κ2) is 11.1. The molecule has 3 rings (SSSR count). The summed E-state index contributed by atoms with van der Waals surface area (Å²) in [6.45, 7) is 1.78. The minimum Gasteiger partial charge on any atom is -0.467 e. The van der Waals surface area contributed by atoms with E-state index in [1.54, 1.807) is 6.07 Å². The van der Waals surface area contributed by atoms with Crippen molar-refractivity contribution in [2.24, 2.45) is 10.9 Å². The monoisotopic (exact) mass is 539 g/mol. The van der Waals surface area contributed by atoms with E-state index in [9.17, 15) is 35.9 Å². The first kappa shape index (κ1) is 28.5. The van der Waals surface area contributed by atoms with Crippen LogP contribution < -0.4 is 10.6 Å². The summed E-state index contributed by atoms with van der Waals surface area (Å²) < 4.78 is 93.2. The maximum absolute atomic E-state index is 14.7. The fraction of sp³-hybridized carbons (Fsp3) is 0.269. The predicted molar refractivity (Wildman–Crippen MR) is 128 cm³/mol. The van der Waals surface area contributed by atoms with Crippen molar-refractivity contribution in [3.05, 3.63) is 89.9 Å². The summed E-state index contributed by atoms with van der Waals surface area (Å²) in [5.74, 6) is -6.23.